The highest BCUT2D eigenvalue weighted by molar-refractivity contribution is 5.87. The maximum Gasteiger partial charge on any atom is 0.239 e. The minimum absolute atomic E-state index is 0.0324. The Bertz CT molecular complexity index is 754. The lowest BCUT2D eigenvalue weighted by molar-refractivity contribution is -0.127. The number of carbonyl (C=O) groups excluding carboxylic acids is 2. The van der Waals surface area contributed by atoms with E-state index >= 15 is 0 Å². The third-order valence-corrected chi connectivity index (χ3v) is 4.24. The van der Waals surface area contributed by atoms with Gasteiger partial charge in [0.1, 0.15) is 0 Å². The smallest absolute Gasteiger partial charge is 0.239 e. The van der Waals surface area contributed by atoms with Crippen LogP contribution in [0.1, 0.15) is 25.0 Å². The Kier molecular flexibility index (Phi) is 6.92. The van der Waals surface area contributed by atoms with Gasteiger partial charge in [-0.25, -0.2) is 0 Å². The van der Waals surface area contributed by atoms with E-state index in [9.17, 15) is 9.59 Å². The van der Waals surface area contributed by atoms with Crippen molar-refractivity contribution >= 4 is 11.8 Å². The zero-order valence-electron chi connectivity index (χ0n) is 15.6. The first-order valence-electron chi connectivity index (χ1n) is 8.83. The van der Waals surface area contributed by atoms with Crippen LogP contribution in [0.25, 0.3) is 11.1 Å². The number of rotatable bonds is 7. The van der Waals surface area contributed by atoms with Crippen molar-refractivity contribution in [1.29, 1.82) is 0 Å². The van der Waals surface area contributed by atoms with Crippen LogP contribution in [-0.4, -0.2) is 24.4 Å². The van der Waals surface area contributed by atoms with Crippen LogP contribution in [0.5, 0.6) is 0 Å². The molecule has 0 aliphatic heterocycles. The van der Waals surface area contributed by atoms with Crippen molar-refractivity contribution in [3.63, 3.8) is 0 Å². The summed E-state index contributed by atoms with van der Waals surface area (Å²) >= 11 is 0. The number of nitrogens with one attached hydrogen (secondary N) is 2. The van der Waals surface area contributed by atoms with Gasteiger partial charge in [0.2, 0.25) is 11.8 Å². The highest BCUT2D eigenvalue weighted by atomic mass is 16.2. The second-order valence-electron chi connectivity index (χ2n) is 6.83. The van der Waals surface area contributed by atoms with Crippen LogP contribution in [0, 0.1) is 12.8 Å². The lowest BCUT2D eigenvalue weighted by Crippen LogP contribution is -2.47. The van der Waals surface area contributed by atoms with Crippen molar-refractivity contribution in [2.75, 3.05) is 6.54 Å². The molecule has 5 nitrogen and oxygen atoms in total. The molecule has 1 atom stereocenters. The molecule has 0 saturated carbocycles. The second kappa shape index (κ2) is 9.15. The van der Waals surface area contributed by atoms with E-state index in [0.717, 1.165) is 11.1 Å². The largest absolute Gasteiger partial charge is 0.350 e. The van der Waals surface area contributed by atoms with Gasteiger partial charge in [-0.3, -0.25) is 9.59 Å². The minimum Gasteiger partial charge on any atom is -0.350 e. The van der Waals surface area contributed by atoms with E-state index in [1.165, 1.54) is 11.1 Å². The molecule has 138 valence electrons. The number of amides is 2. The average Bonchev–Trinajstić information content (AvgIpc) is 2.64. The first-order chi connectivity index (χ1) is 12.4. The number of benzene rings is 2. The summed E-state index contributed by atoms with van der Waals surface area (Å²) in [6.45, 7) is 6.15. The Morgan fingerprint density at radius 3 is 2.31 bits per heavy atom. The number of aryl methyl sites for hydroxylation is 1. The Balaban J connectivity index is 1.82. The van der Waals surface area contributed by atoms with Crippen LogP contribution in [0.4, 0.5) is 0 Å². The first kappa shape index (κ1) is 19.7. The normalized spacial score (nSPS) is 11.9. The fourth-order valence-corrected chi connectivity index (χ4v) is 2.49. The van der Waals surface area contributed by atoms with E-state index in [1.54, 1.807) is 0 Å². The molecular formula is C21H27N3O2. The van der Waals surface area contributed by atoms with Crippen LogP contribution in [0.3, 0.4) is 0 Å². The SMILES string of the molecule is Cc1cccc(-c2ccc(CNC(=O)CNC(=O)[C@@H](N)C(C)C)cc2)c1. The third kappa shape index (κ3) is 5.70. The van der Waals surface area contributed by atoms with E-state index in [-0.39, 0.29) is 24.3 Å². The Morgan fingerprint density at radius 2 is 1.69 bits per heavy atom. The molecule has 0 bridgehead atoms. The van der Waals surface area contributed by atoms with Crippen LogP contribution in [0.15, 0.2) is 48.5 Å². The van der Waals surface area contributed by atoms with Crippen LogP contribution in [0.2, 0.25) is 0 Å². The average molecular weight is 353 g/mol. The van der Waals surface area contributed by atoms with Crippen molar-refractivity contribution in [2.45, 2.75) is 33.4 Å². The molecule has 0 heterocycles. The van der Waals surface area contributed by atoms with Gasteiger partial charge in [0.25, 0.3) is 0 Å². The van der Waals surface area contributed by atoms with Crippen molar-refractivity contribution < 1.29 is 9.59 Å². The summed E-state index contributed by atoms with van der Waals surface area (Å²) in [4.78, 5) is 23.6. The summed E-state index contributed by atoms with van der Waals surface area (Å²) in [7, 11) is 0. The number of nitrogens with two attached hydrogens (primary N) is 1. The van der Waals surface area contributed by atoms with Crippen molar-refractivity contribution in [3.05, 3.63) is 59.7 Å². The highest BCUT2D eigenvalue weighted by Crippen LogP contribution is 2.20. The zero-order chi connectivity index (χ0) is 19.1. The molecule has 26 heavy (non-hydrogen) atoms. The molecule has 0 aliphatic rings. The van der Waals surface area contributed by atoms with Gasteiger partial charge in [0, 0.05) is 6.54 Å². The minimum atomic E-state index is -0.600. The monoisotopic (exact) mass is 353 g/mol. The van der Waals surface area contributed by atoms with Crippen LogP contribution in [-0.2, 0) is 16.1 Å². The predicted molar refractivity (Wildman–Crippen MR) is 104 cm³/mol. The zero-order valence-corrected chi connectivity index (χ0v) is 15.6. The predicted octanol–water partition coefficient (Wildman–Crippen LogP) is 2.38. The fraction of sp³-hybridized carbons (Fsp3) is 0.333. The van der Waals surface area contributed by atoms with Gasteiger partial charge >= 0.3 is 0 Å². The van der Waals surface area contributed by atoms with Crippen LogP contribution < -0.4 is 16.4 Å². The van der Waals surface area contributed by atoms with Gasteiger partial charge in [-0.15, -0.1) is 0 Å². The molecular weight excluding hydrogens is 326 g/mol. The number of hydrogen-bond acceptors (Lipinski definition) is 3. The van der Waals surface area contributed by atoms with E-state index in [4.69, 9.17) is 5.73 Å². The summed E-state index contributed by atoms with van der Waals surface area (Å²) in [5.74, 6) is -0.514. The summed E-state index contributed by atoms with van der Waals surface area (Å²) in [5.41, 5.74) is 10.3. The number of carbonyl (C=O) groups is 2. The molecule has 0 spiro atoms. The molecule has 5 heteroatoms. The van der Waals surface area contributed by atoms with Crippen molar-refractivity contribution in [1.82, 2.24) is 10.6 Å². The molecule has 0 radical (unpaired) electrons. The Labute approximate surface area is 155 Å². The molecule has 2 aromatic carbocycles. The van der Waals surface area contributed by atoms with Gasteiger partial charge in [-0.2, -0.15) is 0 Å². The quantitative estimate of drug-likeness (QED) is 0.714. The summed E-state index contributed by atoms with van der Waals surface area (Å²) in [6.07, 6.45) is 0. The lowest BCUT2D eigenvalue weighted by Gasteiger charge is -2.15. The summed E-state index contributed by atoms with van der Waals surface area (Å²) in [5, 5.41) is 5.36. The van der Waals surface area contributed by atoms with E-state index in [0.29, 0.717) is 6.54 Å². The van der Waals surface area contributed by atoms with Crippen molar-refractivity contribution in [2.24, 2.45) is 11.7 Å². The van der Waals surface area contributed by atoms with Gasteiger partial charge in [0.05, 0.1) is 12.6 Å². The van der Waals surface area contributed by atoms with Gasteiger partial charge in [-0.05, 0) is 29.5 Å². The Morgan fingerprint density at radius 1 is 1.00 bits per heavy atom. The van der Waals surface area contributed by atoms with E-state index in [1.807, 2.05) is 44.2 Å². The molecule has 0 aliphatic carbocycles. The second-order valence-corrected chi connectivity index (χ2v) is 6.83. The van der Waals surface area contributed by atoms with Crippen molar-refractivity contribution in [3.8, 4) is 11.1 Å². The molecule has 0 saturated heterocycles. The fourth-order valence-electron chi connectivity index (χ4n) is 2.49. The molecule has 4 N–H and O–H groups in total. The first-order valence-corrected chi connectivity index (χ1v) is 8.83. The highest BCUT2D eigenvalue weighted by Gasteiger charge is 2.17. The van der Waals surface area contributed by atoms with E-state index in [2.05, 4.69) is 35.8 Å². The Hall–Kier alpha value is -2.66. The summed E-state index contributed by atoms with van der Waals surface area (Å²) < 4.78 is 0. The summed E-state index contributed by atoms with van der Waals surface area (Å²) in [6, 6.07) is 15.8. The standard InChI is InChI=1S/C21H27N3O2/c1-14(2)20(22)21(26)24-13-19(25)23-12-16-7-9-17(10-8-16)18-6-4-5-15(3)11-18/h4-11,14,20H,12-13,22H2,1-3H3,(H,23,25)(H,24,26)/t20-/m0/s1. The van der Waals surface area contributed by atoms with E-state index < -0.39 is 6.04 Å². The molecule has 2 aromatic rings. The maximum absolute atomic E-state index is 11.9. The van der Waals surface area contributed by atoms with Crippen LogP contribution >= 0.6 is 0 Å². The molecule has 0 unspecified atom stereocenters. The molecule has 2 amide bonds. The third-order valence-electron chi connectivity index (χ3n) is 4.24. The topological polar surface area (TPSA) is 84.2 Å². The van der Waals surface area contributed by atoms with Gasteiger partial charge in [0.15, 0.2) is 0 Å². The maximum atomic E-state index is 11.9. The van der Waals surface area contributed by atoms with Gasteiger partial charge in [-0.1, -0.05) is 67.9 Å². The molecule has 2 rings (SSSR count). The molecule has 0 fully saturated rings. The number of hydrogen-bond donors (Lipinski definition) is 3. The lowest BCUT2D eigenvalue weighted by atomic mass is 10.0. The molecule has 0 aromatic heterocycles. The van der Waals surface area contributed by atoms with Gasteiger partial charge < -0.3 is 16.4 Å².